The predicted molar refractivity (Wildman–Crippen MR) is 102 cm³/mol. The Bertz CT molecular complexity index is 759. The fourth-order valence-corrected chi connectivity index (χ4v) is 3.96. The van der Waals surface area contributed by atoms with E-state index in [0.29, 0.717) is 38.2 Å². The van der Waals surface area contributed by atoms with Gasteiger partial charge in [-0.2, -0.15) is 0 Å². The Morgan fingerprint density at radius 3 is 2.96 bits per heavy atom. The van der Waals surface area contributed by atoms with Gasteiger partial charge >= 0.3 is 0 Å². The van der Waals surface area contributed by atoms with Crippen LogP contribution in [0.1, 0.15) is 25.3 Å². The summed E-state index contributed by atoms with van der Waals surface area (Å²) in [5.74, 6) is 0.278. The normalized spacial score (nSPS) is 24.9. The summed E-state index contributed by atoms with van der Waals surface area (Å²) in [5, 5.41) is 0. The minimum atomic E-state index is -0.661. The van der Waals surface area contributed by atoms with E-state index in [1.807, 2.05) is 13.0 Å². The second kappa shape index (κ2) is 8.88. The van der Waals surface area contributed by atoms with Crippen LogP contribution in [0, 0.1) is 17.7 Å². The van der Waals surface area contributed by atoms with Crippen LogP contribution in [-0.2, 0) is 25.4 Å². The molecule has 0 N–H and O–H groups in total. The summed E-state index contributed by atoms with van der Waals surface area (Å²) in [4.78, 5) is 12.3. The molecule has 3 atom stereocenters. The number of ketones is 1. The fraction of sp³-hybridized carbons (Fsp3) is 0.500. The molecule has 6 heteroatoms. The molecular formula is C22H27FO5. The molecule has 0 saturated carbocycles. The topological polar surface area (TPSA) is 54.0 Å². The van der Waals surface area contributed by atoms with Crippen molar-refractivity contribution in [1.29, 1.82) is 0 Å². The zero-order valence-corrected chi connectivity index (χ0v) is 16.4. The van der Waals surface area contributed by atoms with Crippen LogP contribution in [0.3, 0.4) is 0 Å². The number of benzene rings is 1. The minimum absolute atomic E-state index is 0.00123. The summed E-state index contributed by atoms with van der Waals surface area (Å²) in [5.41, 5.74) is 0.177. The first kappa shape index (κ1) is 20.6. The molecule has 0 bridgehead atoms. The molecule has 0 aromatic heterocycles. The minimum Gasteiger partial charge on any atom is -0.488 e. The lowest BCUT2D eigenvalue weighted by molar-refractivity contribution is -0.123. The average Bonchev–Trinajstić information content (AvgIpc) is 3.08. The molecule has 5 nitrogen and oxygen atoms in total. The summed E-state index contributed by atoms with van der Waals surface area (Å²) in [6, 6.07) is 4.98. The monoisotopic (exact) mass is 390 g/mol. The maximum absolute atomic E-state index is 14.4. The Labute approximate surface area is 165 Å². The third-order valence-electron chi connectivity index (χ3n) is 5.50. The number of fused-ring (bicyclic) bond motifs is 1. The standard InChI is InChI=1S/C22H27FO5/c1-4-5-17-13-22(21(12-19(17)24)27-14-28-22)15(2)10-16-6-7-20(18(23)11-16)26-9-8-25-3/h4,6-7,11-12,15,17H,1,5,8-10,13-14H2,2-3H3/t15-,17+,22-/m1/s1. The Hall–Kier alpha value is -2.18. The number of carbonyl (C=O) groups excluding carboxylic acids is 1. The molecule has 0 radical (unpaired) electrons. The van der Waals surface area contributed by atoms with Crippen LogP contribution < -0.4 is 4.74 Å². The lowest BCUT2D eigenvalue weighted by atomic mass is 9.71. The number of hydrogen-bond donors (Lipinski definition) is 0. The number of carbonyl (C=O) groups is 1. The van der Waals surface area contributed by atoms with E-state index in [2.05, 4.69) is 6.58 Å². The zero-order chi connectivity index (χ0) is 20.1. The first-order chi connectivity index (χ1) is 13.5. The molecule has 1 aromatic carbocycles. The molecule has 3 rings (SSSR count). The van der Waals surface area contributed by atoms with Crippen molar-refractivity contribution in [3.05, 3.63) is 54.1 Å². The molecule has 1 aromatic rings. The number of methoxy groups -OCH3 is 1. The summed E-state index contributed by atoms with van der Waals surface area (Å²) in [6.45, 7) is 6.62. The summed E-state index contributed by atoms with van der Waals surface area (Å²) >= 11 is 0. The SMILES string of the molecule is C=CC[C@H]1C[C@]2([C@H](C)Cc3ccc(OCCOC)c(F)c3)OCOC2=CC1=O. The first-order valence-electron chi connectivity index (χ1n) is 9.54. The first-order valence-corrected chi connectivity index (χ1v) is 9.54. The third kappa shape index (κ3) is 4.13. The smallest absolute Gasteiger partial charge is 0.189 e. The number of rotatable bonds is 9. The van der Waals surface area contributed by atoms with Crippen molar-refractivity contribution >= 4 is 5.78 Å². The second-order valence-electron chi connectivity index (χ2n) is 7.34. The number of hydrogen-bond acceptors (Lipinski definition) is 5. The van der Waals surface area contributed by atoms with Gasteiger partial charge in [0.25, 0.3) is 0 Å². The average molecular weight is 390 g/mol. The van der Waals surface area contributed by atoms with Crippen molar-refractivity contribution in [2.24, 2.45) is 11.8 Å². The highest BCUT2D eigenvalue weighted by molar-refractivity contribution is 5.93. The molecule has 152 valence electrons. The Morgan fingerprint density at radius 1 is 1.43 bits per heavy atom. The van der Waals surface area contributed by atoms with Crippen molar-refractivity contribution in [1.82, 2.24) is 0 Å². The molecule has 2 aliphatic rings. The van der Waals surface area contributed by atoms with Gasteiger partial charge in [-0.15, -0.1) is 6.58 Å². The van der Waals surface area contributed by atoms with Crippen LogP contribution >= 0.6 is 0 Å². The summed E-state index contributed by atoms with van der Waals surface area (Å²) in [7, 11) is 1.57. The van der Waals surface area contributed by atoms with Gasteiger partial charge in [0.2, 0.25) is 0 Å². The molecule has 1 heterocycles. The largest absolute Gasteiger partial charge is 0.488 e. The highest BCUT2D eigenvalue weighted by atomic mass is 19.1. The molecule has 1 aliphatic carbocycles. The van der Waals surface area contributed by atoms with E-state index >= 15 is 0 Å². The van der Waals surface area contributed by atoms with Gasteiger partial charge in [-0.05, 0) is 42.9 Å². The van der Waals surface area contributed by atoms with Crippen LogP contribution in [-0.4, -0.2) is 38.5 Å². The number of ether oxygens (including phenoxy) is 4. The maximum atomic E-state index is 14.4. The maximum Gasteiger partial charge on any atom is 0.189 e. The molecule has 1 aliphatic heterocycles. The molecule has 1 fully saturated rings. The van der Waals surface area contributed by atoms with E-state index in [1.54, 1.807) is 25.3 Å². The van der Waals surface area contributed by atoms with E-state index in [1.165, 1.54) is 6.07 Å². The molecule has 0 unspecified atom stereocenters. The Morgan fingerprint density at radius 2 is 2.25 bits per heavy atom. The van der Waals surface area contributed by atoms with Gasteiger partial charge in [0, 0.05) is 19.1 Å². The van der Waals surface area contributed by atoms with Crippen LogP contribution in [0.2, 0.25) is 0 Å². The van der Waals surface area contributed by atoms with E-state index < -0.39 is 11.4 Å². The van der Waals surface area contributed by atoms with Crippen molar-refractivity contribution in [3.8, 4) is 5.75 Å². The molecule has 0 spiro atoms. The molecular weight excluding hydrogens is 363 g/mol. The van der Waals surface area contributed by atoms with Gasteiger partial charge in [-0.25, -0.2) is 4.39 Å². The van der Waals surface area contributed by atoms with Crippen molar-refractivity contribution < 1.29 is 28.1 Å². The van der Waals surface area contributed by atoms with Crippen LogP contribution in [0.15, 0.2) is 42.7 Å². The van der Waals surface area contributed by atoms with Crippen LogP contribution in [0.25, 0.3) is 0 Å². The Kier molecular flexibility index (Phi) is 6.52. The second-order valence-corrected chi connectivity index (χ2v) is 7.34. The zero-order valence-electron chi connectivity index (χ0n) is 16.4. The molecule has 0 amide bonds. The lowest BCUT2D eigenvalue weighted by Crippen LogP contribution is -2.44. The third-order valence-corrected chi connectivity index (χ3v) is 5.50. The number of allylic oxidation sites excluding steroid dienone is 2. The predicted octanol–water partition coefficient (Wildman–Crippen LogP) is 3.82. The molecule has 1 saturated heterocycles. The lowest BCUT2D eigenvalue weighted by Gasteiger charge is -2.38. The van der Waals surface area contributed by atoms with Gasteiger partial charge in [0.1, 0.15) is 18.0 Å². The van der Waals surface area contributed by atoms with Gasteiger partial charge in [-0.1, -0.05) is 19.1 Å². The summed E-state index contributed by atoms with van der Waals surface area (Å²) < 4.78 is 36.3. The molecule has 28 heavy (non-hydrogen) atoms. The van der Waals surface area contributed by atoms with Crippen molar-refractivity contribution in [2.45, 2.75) is 31.8 Å². The Balaban J connectivity index is 1.75. The number of halogens is 1. The van der Waals surface area contributed by atoms with Crippen LogP contribution in [0.5, 0.6) is 5.75 Å². The van der Waals surface area contributed by atoms with Crippen molar-refractivity contribution in [2.75, 3.05) is 27.1 Å². The summed E-state index contributed by atoms with van der Waals surface area (Å²) in [6.07, 6.45) is 5.06. The van der Waals surface area contributed by atoms with E-state index in [-0.39, 0.29) is 30.2 Å². The van der Waals surface area contributed by atoms with E-state index in [9.17, 15) is 9.18 Å². The van der Waals surface area contributed by atoms with Crippen LogP contribution in [0.4, 0.5) is 4.39 Å². The van der Waals surface area contributed by atoms with Gasteiger partial charge in [0.15, 0.2) is 24.1 Å². The highest BCUT2D eigenvalue weighted by Gasteiger charge is 2.51. The van der Waals surface area contributed by atoms with E-state index in [0.717, 1.165) is 5.56 Å². The van der Waals surface area contributed by atoms with Gasteiger partial charge < -0.3 is 18.9 Å². The van der Waals surface area contributed by atoms with Gasteiger partial charge in [0.05, 0.1) is 6.61 Å². The quantitative estimate of drug-likeness (QED) is 0.474. The van der Waals surface area contributed by atoms with Crippen molar-refractivity contribution in [3.63, 3.8) is 0 Å². The highest BCUT2D eigenvalue weighted by Crippen LogP contribution is 2.46. The van der Waals surface area contributed by atoms with Gasteiger partial charge in [-0.3, -0.25) is 4.79 Å². The fourth-order valence-electron chi connectivity index (χ4n) is 3.96. The van der Waals surface area contributed by atoms with E-state index in [4.69, 9.17) is 18.9 Å².